The molecule has 0 saturated heterocycles. The maximum atomic E-state index is 11.9. The molecule has 0 amide bonds. The molecule has 0 aliphatic heterocycles. The predicted molar refractivity (Wildman–Crippen MR) is 70.7 cm³/mol. The van der Waals surface area contributed by atoms with E-state index >= 15 is 0 Å². The number of benzene rings is 1. The Morgan fingerprint density at radius 2 is 2.11 bits per heavy atom. The van der Waals surface area contributed by atoms with Gasteiger partial charge < -0.3 is 5.73 Å². The summed E-state index contributed by atoms with van der Waals surface area (Å²) >= 11 is 1.12. The van der Waals surface area contributed by atoms with Gasteiger partial charge in [0.2, 0.25) is 0 Å². The van der Waals surface area contributed by atoms with Crippen LogP contribution >= 0.6 is 11.3 Å². The van der Waals surface area contributed by atoms with Gasteiger partial charge in [0, 0.05) is 0 Å². The summed E-state index contributed by atoms with van der Waals surface area (Å²) in [5.74, 6) is 0. The van der Waals surface area contributed by atoms with Crippen molar-refractivity contribution >= 4 is 32.7 Å². The Morgan fingerprint density at radius 1 is 1.33 bits per heavy atom. The van der Waals surface area contributed by atoms with Crippen molar-refractivity contribution in [2.45, 2.75) is 4.21 Å². The van der Waals surface area contributed by atoms with Crippen molar-refractivity contribution in [3.8, 4) is 6.07 Å². The summed E-state index contributed by atoms with van der Waals surface area (Å²) in [5, 5.41) is 10.4. The topological polar surface area (TPSA) is 96.0 Å². The predicted octanol–water partition coefficient (Wildman–Crippen LogP) is 2.00. The number of anilines is 2. The number of nitrogens with one attached hydrogen (secondary N) is 1. The van der Waals surface area contributed by atoms with Crippen LogP contribution in [-0.2, 0) is 10.0 Å². The third-order valence-corrected chi connectivity index (χ3v) is 4.95. The van der Waals surface area contributed by atoms with E-state index < -0.39 is 10.0 Å². The van der Waals surface area contributed by atoms with E-state index in [0.717, 1.165) is 11.3 Å². The van der Waals surface area contributed by atoms with E-state index in [1.54, 1.807) is 11.4 Å². The maximum Gasteiger partial charge on any atom is 0.271 e. The van der Waals surface area contributed by atoms with Gasteiger partial charge in [0.1, 0.15) is 4.21 Å². The molecule has 0 atom stereocenters. The molecule has 1 heterocycles. The van der Waals surface area contributed by atoms with Crippen molar-refractivity contribution in [2.75, 3.05) is 10.5 Å². The summed E-state index contributed by atoms with van der Waals surface area (Å²) in [5.41, 5.74) is 6.55. The Kier molecular flexibility index (Phi) is 3.23. The van der Waals surface area contributed by atoms with Gasteiger partial charge in [-0.25, -0.2) is 8.42 Å². The minimum atomic E-state index is -3.61. The van der Waals surface area contributed by atoms with Crippen LogP contribution in [0, 0.1) is 11.3 Å². The Hall–Kier alpha value is -2.04. The lowest BCUT2D eigenvalue weighted by atomic mass is 10.2. The Labute approximate surface area is 109 Å². The highest BCUT2D eigenvalue weighted by atomic mass is 32.2. The number of rotatable bonds is 3. The fourth-order valence-corrected chi connectivity index (χ4v) is 3.42. The van der Waals surface area contributed by atoms with Crippen LogP contribution < -0.4 is 10.5 Å². The molecule has 0 spiro atoms. The molecule has 2 rings (SSSR count). The van der Waals surface area contributed by atoms with Gasteiger partial charge in [0.25, 0.3) is 10.0 Å². The molecule has 0 aliphatic rings. The number of nitrogen functional groups attached to an aromatic ring is 1. The molecule has 0 aliphatic carbocycles. The Bertz CT molecular complexity index is 700. The lowest BCUT2D eigenvalue weighted by Gasteiger charge is -2.08. The number of hydrogen-bond donors (Lipinski definition) is 2. The highest BCUT2D eigenvalue weighted by Gasteiger charge is 2.16. The van der Waals surface area contributed by atoms with Gasteiger partial charge in [0.05, 0.1) is 23.0 Å². The van der Waals surface area contributed by atoms with Gasteiger partial charge >= 0.3 is 0 Å². The quantitative estimate of drug-likeness (QED) is 0.840. The molecule has 92 valence electrons. The van der Waals surface area contributed by atoms with Crippen LogP contribution in [0.1, 0.15) is 5.56 Å². The van der Waals surface area contributed by atoms with E-state index in [1.165, 1.54) is 24.3 Å². The highest BCUT2D eigenvalue weighted by molar-refractivity contribution is 7.94. The van der Waals surface area contributed by atoms with Crippen LogP contribution in [-0.4, -0.2) is 8.42 Å². The fraction of sp³-hybridized carbons (Fsp3) is 0. The van der Waals surface area contributed by atoms with Crippen molar-refractivity contribution in [3.63, 3.8) is 0 Å². The minimum Gasteiger partial charge on any atom is -0.397 e. The zero-order chi connectivity index (χ0) is 13.2. The molecule has 7 heteroatoms. The van der Waals surface area contributed by atoms with Gasteiger partial charge in [-0.3, -0.25) is 4.72 Å². The van der Waals surface area contributed by atoms with Gasteiger partial charge in [-0.15, -0.1) is 11.3 Å². The van der Waals surface area contributed by atoms with Gasteiger partial charge in [-0.2, -0.15) is 5.26 Å². The second-order valence-corrected chi connectivity index (χ2v) is 6.31. The van der Waals surface area contributed by atoms with Crippen LogP contribution in [0.4, 0.5) is 11.4 Å². The first-order valence-electron chi connectivity index (χ1n) is 4.89. The lowest BCUT2D eigenvalue weighted by molar-refractivity contribution is 0.603. The zero-order valence-electron chi connectivity index (χ0n) is 9.12. The Balaban J connectivity index is 2.33. The average Bonchev–Trinajstić information content (AvgIpc) is 2.86. The first kappa shape index (κ1) is 12.4. The number of nitriles is 1. The molecule has 1 aromatic carbocycles. The lowest BCUT2D eigenvalue weighted by Crippen LogP contribution is -2.12. The first-order chi connectivity index (χ1) is 8.53. The summed E-state index contributed by atoms with van der Waals surface area (Å²) in [6.07, 6.45) is 0. The van der Waals surface area contributed by atoms with Crippen molar-refractivity contribution < 1.29 is 8.42 Å². The van der Waals surface area contributed by atoms with Crippen molar-refractivity contribution in [3.05, 3.63) is 41.3 Å². The second-order valence-electron chi connectivity index (χ2n) is 3.45. The molecule has 0 saturated carbocycles. The van der Waals surface area contributed by atoms with Crippen molar-refractivity contribution in [2.24, 2.45) is 0 Å². The Morgan fingerprint density at radius 3 is 2.67 bits per heavy atom. The summed E-state index contributed by atoms with van der Waals surface area (Å²) in [4.78, 5) is 0. The number of hydrogen-bond acceptors (Lipinski definition) is 5. The molecule has 0 unspecified atom stereocenters. The summed E-state index contributed by atoms with van der Waals surface area (Å²) in [6, 6.07) is 9.49. The van der Waals surface area contributed by atoms with Gasteiger partial charge in [0.15, 0.2) is 0 Å². The average molecular weight is 279 g/mol. The number of sulfonamides is 1. The minimum absolute atomic E-state index is 0.214. The number of thiophene rings is 1. The molecule has 18 heavy (non-hydrogen) atoms. The molecule has 0 radical (unpaired) electrons. The van der Waals surface area contributed by atoms with Crippen LogP contribution in [0.2, 0.25) is 0 Å². The molecular weight excluding hydrogens is 270 g/mol. The van der Waals surface area contributed by atoms with E-state index in [4.69, 9.17) is 11.0 Å². The van der Waals surface area contributed by atoms with Gasteiger partial charge in [-0.1, -0.05) is 6.07 Å². The molecule has 5 nitrogen and oxygen atoms in total. The molecule has 1 aromatic heterocycles. The van der Waals surface area contributed by atoms with E-state index in [9.17, 15) is 8.42 Å². The molecular formula is C11H9N3O2S2. The van der Waals surface area contributed by atoms with Gasteiger partial charge in [-0.05, 0) is 29.6 Å². The standard InChI is InChI=1S/C11H9N3O2S2/c12-7-8-3-4-10(9(13)6-8)14-18(15,16)11-2-1-5-17-11/h1-6,14H,13H2. The maximum absolute atomic E-state index is 11.9. The third-order valence-electron chi connectivity index (χ3n) is 2.18. The zero-order valence-corrected chi connectivity index (χ0v) is 10.8. The smallest absolute Gasteiger partial charge is 0.271 e. The molecule has 2 aromatic rings. The second kappa shape index (κ2) is 4.68. The summed E-state index contributed by atoms with van der Waals surface area (Å²) in [7, 11) is -3.61. The van der Waals surface area contributed by atoms with E-state index in [0.29, 0.717) is 5.56 Å². The highest BCUT2D eigenvalue weighted by Crippen LogP contribution is 2.24. The molecule has 0 bridgehead atoms. The van der Waals surface area contributed by atoms with Crippen LogP contribution in [0.25, 0.3) is 0 Å². The van der Waals surface area contributed by atoms with Crippen LogP contribution in [0.3, 0.4) is 0 Å². The number of nitrogens with two attached hydrogens (primary N) is 1. The monoisotopic (exact) mass is 279 g/mol. The van der Waals surface area contributed by atoms with Crippen LogP contribution in [0.5, 0.6) is 0 Å². The summed E-state index contributed by atoms with van der Waals surface area (Å²) < 4.78 is 26.5. The normalized spacial score (nSPS) is 10.8. The largest absolute Gasteiger partial charge is 0.397 e. The molecule has 0 fully saturated rings. The van der Waals surface area contributed by atoms with Crippen molar-refractivity contribution in [1.29, 1.82) is 5.26 Å². The van der Waals surface area contributed by atoms with E-state index in [1.807, 2.05) is 6.07 Å². The van der Waals surface area contributed by atoms with Crippen molar-refractivity contribution in [1.82, 2.24) is 0 Å². The fourth-order valence-electron chi connectivity index (χ4n) is 1.34. The van der Waals surface area contributed by atoms with E-state index in [-0.39, 0.29) is 15.6 Å². The van der Waals surface area contributed by atoms with Crippen LogP contribution in [0.15, 0.2) is 39.9 Å². The molecule has 3 N–H and O–H groups in total. The van der Waals surface area contributed by atoms with E-state index in [2.05, 4.69) is 4.72 Å². The SMILES string of the molecule is N#Cc1ccc(NS(=O)(=O)c2cccs2)c(N)c1. The third kappa shape index (κ3) is 2.45. The summed E-state index contributed by atoms with van der Waals surface area (Å²) in [6.45, 7) is 0. The first-order valence-corrected chi connectivity index (χ1v) is 7.25. The number of nitrogens with zero attached hydrogens (tertiary/aromatic N) is 1.